The number of nitrogens with zero attached hydrogens (tertiary/aromatic N) is 1. The first kappa shape index (κ1) is 19.8. The maximum absolute atomic E-state index is 12.2. The number of hydrogen-bond acceptors (Lipinski definition) is 3. The Bertz CT molecular complexity index is 837. The molecule has 0 aromatic heterocycles. The van der Waals surface area contributed by atoms with Crippen LogP contribution in [0.15, 0.2) is 48.5 Å². The van der Waals surface area contributed by atoms with Crippen LogP contribution in [0.3, 0.4) is 0 Å². The number of halogens is 2. The molecule has 0 aliphatic rings. The highest BCUT2D eigenvalue weighted by Gasteiger charge is 2.11. The Morgan fingerprint density at radius 3 is 2.58 bits per heavy atom. The number of hydrogen-bond donors (Lipinski definition) is 1. The highest BCUT2D eigenvalue weighted by atomic mass is 35.5. The van der Waals surface area contributed by atoms with Crippen LogP contribution in [-0.4, -0.2) is 37.4 Å². The second kappa shape index (κ2) is 9.27. The van der Waals surface area contributed by atoms with E-state index >= 15 is 0 Å². The molecular formula is C19H18Cl2N2O3. The maximum Gasteiger partial charge on any atom is 0.246 e. The molecule has 2 aromatic rings. The van der Waals surface area contributed by atoms with Crippen molar-refractivity contribution in [2.45, 2.75) is 0 Å². The van der Waals surface area contributed by atoms with E-state index in [1.165, 1.54) is 11.0 Å². The second-order valence-electron chi connectivity index (χ2n) is 5.45. The first-order chi connectivity index (χ1) is 12.4. The number of nitrogens with one attached hydrogen (secondary N) is 1. The lowest BCUT2D eigenvalue weighted by molar-refractivity contribution is -0.129. The van der Waals surface area contributed by atoms with E-state index < -0.39 is 0 Å². The molecule has 0 spiro atoms. The molecule has 0 radical (unpaired) electrons. The molecule has 0 aliphatic heterocycles. The van der Waals surface area contributed by atoms with Crippen LogP contribution in [0.4, 0.5) is 5.69 Å². The van der Waals surface area contributed by atoms with Crippen molar-refractivity contribution in [1.29, 1.82) is 0 Å². The first-order valence-corrected chi connectivity index (χ1v) is 8.47. The maximum atomic E-state index is 12.2. The van der Waals surface area contributed by atoms with Gasteiger partial charge >= 0.3 is 0 Å². The van der Waals surface area contributed by atoms with E-state index in [1.807, 2.05) is 18.2 Å². The lowest BCUT2D eigenvalue weighted by Crippen LogP contribution is -2.33. The van der Waals surface area contributed by atoms with Gasteiger partial charge in [0.1, 0.15) is 5.75 Å². The fourth-order valence-electron chi connectivity index (χ4n) is 2.16. The second-order valence-corrected chi connectivity index (χ2v) is 6.26. The Kier molecular flexibility index (Phi) is 7.06. The summed E-state index contributed by atoms with van der Waals surface area (Å²) in [6.45, 7) is -0.102. The minimum absolute atomic E-state index is 0.102. The molecule has 0 saturated carbocycles. The van der Waals surface area contributed by atoms with Crippen molar-refractivity contribution in [3.8, 4) is 5.75 Å². The highest BCUT2D eigenvalue weighted by Crippen LogP contribution is 2.25. The number of carbonyl (C=O) groups is 2. The van der Waals surface area contributed by atoms with Gasteiger partial charge in [-0.15, -0.1) is 0 Å². The van der Waals surface area contributed by atoms with Gasteiger partial charge in [-0.05, 0) is 30.3 Å². The van der Waals surface area contributed by atoms with Gasteiger partial charge in [0.15, 0.2) is 0 Å². The standard InChI is InChI=1S/C19H18Cl2N2O3/c1-23(12-18(24)22-14-8-9-15(20)16(21)11-14)19(25)10-7-13-5-3-4-6-17(13)26-2/h3-11H,12H2,1-2H3,(H,22,24)/b10-7+. The third kappa shape index (κ3) is 5.51. The minimum Gasteiger partial charge on any atom is -0.496 e. The van der Waals surface area contributed by atoms with Crippen LogP contribution >= 0.6 is 23.2 Å². The van der Waals surface area contributed by atoms with Crippen LogP contribution in [0.5, 0.6) is 5.75 Å². The summed E-state index contributed by atoms with van der Waals surface area (Å²) >= 11 is 11.7. The summed E-state index contributed by atoms with van der Waals surface area (Å²) in [4.78, 5) is 25.6. The summed E-state index contributed by atoms with van der Waals surface area (Å²) in [5.74, 6) is 0.0155. The molecule has 0 heterocycles. The van der Waals surface area contributed by atoms with Crippen LogP contribution in [0.1, 0.15) is 5.56 Å². The molecule has 2 rings (SSSR count). The van der Waals surface area contributed by atoms with Gasteiger partial charge in [0.05, 0.1) is 23.7 Å². The normalized spacial score (nSPS) is 10.6. The highest BCUT2D eigenvalue weighted by molar-refractivity contribution is 6.42. The van der Waals surface area contributed by atoms with Crippen molar-refractivity contribution >= 4 is 46.8 Å². The van der Waals surface area contributed by atoms with E-state index in [2.05, 4.69) is 5.32 Å². The zero-order valence-corrected chi connectivity index (χ0v) is 15.8. The average Bonchev–Trinajstić information content (AvgIpc) is 2.62. The van der Waals surface area contributed by atoms with Gasteiger partial charge in [0, 0.05) is 24.4 Å². The topological polar surface area (TPSA) is 58.6 Å². The Balaban J connectivity index is 1.94. The fourth-order valence-corrected chi connectivity index (χ4v) is 2.46. The van der Waals surface area contributed by atoms with Crippen molar-refractivity contribution in [2.75, 3.05) is 26.0 Å². The predicted molar refractivity (Wildman–Crippen MR) is 105 cm³/mol. The van der Waals surface area contributed by atoms with Gasteiger partial charge in [-0.3, -0.25) is 9.59 Å². The molecule has 0 aliphatic carbocycles. The lowest BCUT2D eigenvalue weighted by atomic mass is 10.2. The minimum atomic E-state index is -0.343. The molecule has 2 amide bonds. The van der Waals surface area contributed by atoms with Crippen molar-refractivity contribution in [3.63, 3.8) is 0 Å². The molecule has 0 fully saturated rings. The van der Waals surface area contributed by atoms with E-state index in [0.717, 1.165) is 5.56 Å². The van der Waals surface area contributed by atoms with E-state index in [1.54, 1.807) is 44.5 Å². The molecule has 7 heteroatoms. The number of anilines is 1. The number of para-hydroxylation sites is 1. The summed E-state index contributed by atoms with van der Waals surface area (Å²) in [6, 6.07) is 12.1. The molecule has 2 aromatic carbocycles. The Hall–Kier alpha value is -2.50. The van der Waals surface area contributed by atoms with Crippen LogP contribution in [0.2, 0.25) is 10.0 Å². The van der Waals surface area contributed by atoms with Gasteiger partial charge in [-0.25, -0.2) is 0 Å². The lowest BCUT2D eigenvalue weighted by Gasteiger charge is -2.15. The number of amides is 2. The van der Waals surface area contributed by atoms with Crippen LogP contribution < -0.4 is 10.1 Å². The Morgan fingerprint density at radius 1 is 1.15 bits per heavy atom. The van der Waals surface area contributed by atoms with Crippen LogP contribution in [-0.2, 0) is 9.59 Å². The quantitative estimate of drug-likeness (QED) is 0.752. The number of carbonyl (C=O) groups excluding carboxylic acids is 2. The number of ether oxygens (including phenoxy) is 1. The average molecular weight is 393 g/mol. The number of benzene rings is 2. The summed E-state index contributed by atoms with van der Waals surface area (Å²) in [7, 11) is 3.11. The third-order valence-corrected chi connectivity index (χ3v) is 4.24. The molecular weight excluding hydrogens is 375 g/mol. The van der Waals surface area contributed by atoms with Gasteiger partial charge in [-0.1, -0.05) is 41.4 Å². The Labute approximate surface area is 162 Å². The van der Waals surface area contributed by atoms with E-state index in [-0.39, 0.29) is 18.4 Å². The predicted octanol–water partition coefficient (Wildman–Crippen LogP) is 4.11. The fraction of sp³-hybridized carbons (Fsp3) is 0.158. The van der Waals surface area contributed by atoms with Crippen molar-refractivity contribution in [3.05, 3.63) is 64.1 Å². The van der Waals surface area contributed by atoms with E-state index in [9.17, 15) is 9.59 Å². The molecule has 0 atom stereocenters. The van der Waals surface area contributed by atoms with Crippen LogP contribution in [0, 0.1) is 0 Å². The zero-order valence-electron chi connectivity index (χ0n) is 14.3. The number of methoxy groups -OCH3 is 1. The smallest absolute Gasteiger partial charge is 0.246 e. The summed E-state index contributed by atoms with van der Waals surface area (Å²) < 4.78 is 5.23. The Morgan fingerprint density at radius 2 is 1.88 bits per heavy atom. The summed E-state index contributed by atoms with van der Waals surface area (Å²) in [5.41, 5.74) is 1.28. The molecule has 136 valence electrons. The first-order valence-electron chi connectivity index (χ1n) is 7.72. The molecule has 26 heavy (non-hydrogen) atoms. The molecule has 0 bridgehead atoms. The van der Waals surface area contributed by atoms with Crippen molar-refractivity contribution in [2.24, 2.45) is 0 Å². The van der Waals surface area contributed by atoms with E-state index in [0.29, 0.717) is 21.5 Å². The van der Waals surface area contributed by atoms with Crippen LogP contribution in [0.25, 0.3) is 6.08 Å². The summed E-state index contributed by atoms with van der Waals surface area (Å²) in [5, 5.41) is 3.41. The van der Waals surface area contributed by atoms with Gasteiger partial charge in [0.25, 0.3) is 0 Å². The monoisotopic (exact) mass is 392 g/mol. The third-order valence-electron chi connectivity index (χ3n) is 3.50. The molecule has 0 unspecified atom stereocenters. The van der Waals surface area contributed by atoms with Gasteiger partial charge in [-0.2, -0.15) is 0 Å². The zero-order chi connectivity index (χ0) is 19.1. The van der Waals surface area contributed by atoms with E-state index in [4.69, 9.17) is 27.9 Å². The van der Waals surface area contributed by atoms with Gasteiger partial charge in [0.2, 0.25) is 11.8 Å². The number of rotatable bonds is 6. The summed E-state index contributed by atoms with van der Waals surface area (Å²) in [6.07, 6.45) is 3.04. The molecule has 0 saturated heterocycles. The number of likely N-dealkylation sites (N-methyl/N-ethyl adjacent to an activating group) is 1. The largest absolute Gasteiger partial charge is 0.496 e. The molecule has 5 nitrogen and oxygen atoms in total. The van der Waals surface area contributed by atoms with Crippen molar-refractivity contribution < 1.29 is 14.3 Å². The molecule has 1 N–H and O–H groups in total. The van der Waals surface area contributed by atoms with Gasteiger partial charge < -0.3 is 15.0 Å². The SMILES string of the molecule is COc1ccccc1/C=C/C(=O)N(C)CC(=O)Nc1ccc(Cl)c(Cl)c1. The van der Waals surface area contributed by atoms with Crippen molar-refractivity contribution in [1.82, 2.24) is 4.90 Å².